The van der Waals surface area contributed by atoms with Crippen LogP contribution in [0.1, 0.15) is 38.7 Å². The second kappa shape index (κ2) is 8.47. The van der Waals surface area contributed by atoms with Gasteiger partial charge in [-0.1, -0.05) is 12.1 Å². The number of ether oxygens (including phenoxy) is 1. The monoisotopic (exact) mass is 332 g/mol. The third-order valence-corrected chi connectivity index (χ3v) is 4.06. The molecule has 1 atom stereocenters. The Bertz CT molecular complexity index is 615. The van der Waals surface area contributed by atoms with Crippen molar-refractivity contribution >= 4 is 23.5 Å². The number of carbonyl (C=O) groups is 3. The van der Waals surface area contributed by atoms with Crippen LogP contribution >= 0.6 is 0 Å². The highest BCUT2D eigenvalue weighted by Crippen LogP contribution is 2.19. The number of esters is 1. The molecule has 24 heavy (non-hydrogen) atoms. The molecule has 130 valence electrons. The van der Waals surface area contributed by atoms with Crippen molar-refractivity contribution in [1.82, 2.24) is 4.90 Å². The van der Waals surface area contributed by atoms with Crippen LogP contribution in [0.4, 0.5) is 5.69 Å². The predicted molar refractivity (Wildman–Crippen MR) is 90.4 cm³/mol. The number of nitrogens with one attached hydrogen (secondary N) is 1. The second-order valence-electron chi connectivity index (χ2n) is 5.90. The summed E-state index contributed by atoms with van der Waals surface area (Å²) in [6.07, 6.45) is 2.71. The summed E-state index contributed by atoms with van der Waals surface area (Å²) >= 11 is 0. The maximum Gasteiger partial charge on any atom is 0.310 e. The Kier molecular flexibility index (Phi) is 6.35. The molecule has 0 saturated carbocycles. The molecule has 0 unspecified atom stereocenters. The molecule has 1 heterocycles. The highest BCUT2D eigenvalue weighted by atomic mass is 16.5. The zero-order valence-electron chi connectivity index (χ0n) is 14.2. The largest absolute Gasteiger partial charge is 0.466 e. The molecule has 2 rings (SSSR count). The Balaban J connectivity index is 2.03. The van der Waals surface area contributed by atoms with Gasteiger partial charge in [-0.15, -0.1) is 0 Å². The van der Waals surface area contributed by atoms with Crippen LogP contribution in [0.25, 0.3) is 0 Å². The average Bonchev–Trinajstić information content (AvgIpc) is 2.55. The average molecular weight is 332 g/mol. The second-order valence-corrected chi connectivity index (χ2v) is 5.90. The molecule has 0 spiro atoms. The van der Waals surface area contributed by atoms with Gasteiger partial charge in [-0.05, 0) is 43.9 Å². The Hall–Kier alpha value is -2.37. The smallest absolute Gasteiger partial charge is 0.310 e. The highest BCUT2D eigenvalue weighted by molar-refractivity contribution is 5.97. The zero-order valence-corrected chi connectivity index (χ0v) is 14.2. The molecule has 2 amide bonds. The van der Waals surface area contributed by atoms with Crippen molar-refractivity contribution < 1.29 is 19.1 Å². The van der Waals surface area contributed by atoms with E-state index in [-0.39, 0.29) is 24.2 Å². The summed E-state index contributed by atoms with van der Waals surface area (Å²) < 4.78 is 4.93. The number of anilines is 1. The van der Waals surface area contributed by atoms with Crippen LogP contribution in [-0.2, 0) is 25.5 Å². The fourth-order valence-corrected chi connectivity index (χ4v) is 2.94. The van der Waals surface area contributed by atoms with Gasteiger partial charge in [0.1, 0.15) is 6.04 Å². The van der Waals surface area contributed by atoms with Crippen LogP contribution < -0.4 is 5.32 Å². The van der Waals surface area contributed by atoms with Gasteiger partial charge in [0.05, 0.1) is 13.0 Å². The molecular weight excluding hydrogens is 308 g/mol. The van der Waals surface area contributed by atoms with Crippen LogP contribution in [0.2, 0.25) is 0 Å². The van der Waals surface area contributed by atoms with E-state index in [1.54, 1.807) is 30.0 Å². The summed E-state index contributed by atoms with van der Waals surface area (Å²) in [5.74, 6) is -0.555. The Morgan fingerprint density at radius 1 is 1.29 bits per heavy atom. The van der Waals surface area contributed by atoms with Crippen molar-refractivity contribution in [2.24, 2.45) is 0 Å². The van der Waals surface area contributed by atoms with E-state index < -0.39 is 6.04 Å². The molecule has 1 aliphatic heterocycles. The van der Waals surface area contributed by atoms with Gasteiger partial charge in [0, 0.05) is 19.2 Å². The number of nitrogens with zero attached hydrogens (tertiary/aromatic N) is 1. The molecule has 1 fully saturated rings. The molecule has 1 aromatic carbocycles. The summed E-state index contributed by atoms with van der Waals surface area (Å²) in [5.41, 5.74) is 1.40. The van der Waals surface area contributed by atoms with Crippen molar-refractivity contribution in [3.05, 3.63) is 29.8 Å². The molecule has 0 aliphatic carbocycles. The number of hydrogen-bond donors (Lipinski definition) is 1. The molecule has 1 saturated heterocycles. The lowest BCUT2D eigenvalue weighted by atomic mass is 10.0. The molecule has 0 radical (unpaired) electrons. The molecule has 0 aromatic heterocycles. The molecule has 1 aliphatic rings. The van der Waals surface area contributed by atoms with Crippen LogP contribution in [0.5, 0.6) is 0 Å². The standard InChI is InChI=1S/C18H24N2O4/c1-3-24-17(22)12-14-7-6-8-15(11-14)19-18(23)16-9-4-5-10-20(16)13(2)21/h6-8,11,16H,3-5,9-10,12H2,1-2H3,(H,19,23)/t16-/m1/s1. The fraction of sp³-hybridized carbons (Fsp3) is 0.500. The maximum absolute atomic E-state index is 12.5. The Morgan fingerprint density at radius 3 is 2.79 bits per heavy atom. The summed E-state index contributed by atoms with van der Waals surface area (Å²) in [6, 6.07) is 6.71. The normalized spacial score (nSPS) is 17.2. The van der Waals surface area contributed by atoms with Crippen LogP contribution in [0.15, 0.2) is 24.3 Å². The lowest BCUT2D eigenvalue weighted by Crippen LogP contribution is -2.49. The molecule has 6 nitrogen and oxygen atoms in total. The summed E-state index contributed by atoms with van der Waals surface area (Å²) in [5, 5.41) is 2.86. The molecular formula is C18H24N2O4. The van der Waals surface area contributed by atoms with Crippen LogP contribution in [0.3, 0.4) is 0 Å². The quantitative estimate of drug-likeness (QED) is 0.838. The van der Waals surface area contributed by atoms with Crippen molar-refractivity contribution in [3.8, 4) is 0 Å². The lowest BCUT2D eigenvalue weighted by Gasteiger charge is -2.33. The minimum Gasteiger partial charge on any atom is -0.466 e. The van der Waals surface area contributed by atoms with E-state index in [1.165, 1.54) is 6.92 Å². The van der Waals surface area contributed by atoms with Crippen molar-refractivity contribution in [1.29, 1.82) is 0 Å². The van der Waals surface area contributed by atoms with Crippen molar-refractivity contribution in [3.63, 3.8) is 0 Å². The van der Waals surface area contributed by atoms with E-state index in [0.717, 1.165) is 18.4 Å². The van der Waals surface area contributed by atoms with E-state index in [9.17, 15) is 14.4 Å². The number of benzene rings is 1. The summed E-state index contributed by atoms with van der Waals surface area (Å²) in [4.78, 5) is 37.4. The number of carbonyl (C=O) groups excluding carboxylic acids is 3. The number of likely N-dealkylation sites (tertiary alicyclic amines) is 1. The first-order valence-corrected chi connectivity index (χ1v) is 8.34. The first-order valence-electron chi connectivity index (χ1n) is 8.34. The third kappa shape index (κ3) is 4.81. The fourth-order valence-electron chi connectivity index (χ4n) is 2.94. The number of piperidine rings is 1. The van der Waals surface area contributed by atoms with Crippen molar-refractivity contribution in [2.45, 2.75) is 45.6 Å². The molecule has 1 aromatic rings. The van der Waals surface area contributed by atoms with Gasteiger partial charge in [-0.3, -0.25) is 14.4 Å². The first kappa shape index (κ1) is 18.0. The van der Waals surface area contributed by atoms with Crippen molar-refractivity contribution in [2.75, 3.05) is 18.5 Å². The van der Waals surface area contributed by atoms with E-state index in [2.05, 4.69) is 5.32 Å². The van der Waals surface area contributed by atoms with Gasteiger partial charge in [0.25, 0.3) is 0 Å². The van der Waals surface area contributed by atoms with Gasteiger partial charge in [-0.2, -0.15) is 0 Å². The third-order valence-electron chi connectivity index (χ3n) is 4.06. The van der Waals surface area contributed by atoms with Crippen LogP contribution in [0, 0.1) is 0 Å². The minimum absolute atomic E-state index is 0.0779. The van der Waals surface area contributed by atoms with Gasteiger partial charge < -0.3 is 15.0 Å². The lowest BCUT2D eigenvalue weighted by molar-refractivity contribution is -0.142. The van der Waals surface area contributed by atoms with E-state index >= 15 is 0 Å². The molecule has 1 N–H and O–H groups in total. The minimum atomic E-state index is -0.426. The summed E-state index contributed by atoms with van der Waals surface area (Å²) in [6.45, 7) is 4.22. The highest BCUT2D eigenvalue weighted by Gasteiger charge is 2.30. The van der Waals surface area contributed by atoms with Gasteiger partial charge in [0.15, 0.2) is 0 Å². The van der Waals surface area contributed by atoms with Gasteiger partial charge in [0.2, 0.25) is 11.8 Å². The number of rotatable bonds is 5. The zero-order chi connectivity index (χ0) is 17.5. The predicted octanol–water partition coefficient (Wildman–Crippen LogP) is 2.13. The molecule has 6 heteroatoms. The number of amides is 2. The number of hydrogen-bond acceptors (Lipinski definition) is 4. The topological polar surface area (TPSA) is 75.7 Å². The Morgan fingerprint density at radius 2 is 2.08 bits per heavy atom. The van der Waals surface area contributed by atoms with Gasteiger partial charge >= 0.3 is 5.97 Å². The van der Waals surface area contributed by atoms with E-state index in [0.29, 0.717) is 25.3 Å². The SMILES string of the molecule is CCOC(=O)Cc1cccc(NC(=O)[C@H]2CCCCN2C(C)=O)c1. The van der Waals surface area contributed by atoms with Gasteiger partial charge in [-0.25, -0.2) is 0 Å². The Labute approximate surface area is 142 Å². The maximum atomic E-state index is 12.5. The van der Waals surface area contributed by atoms with E-state index in [1.807, 2.05) is 6.07 Å². The summed E-state index contributed by atoms with van der Waals surface area (Å²) in [7, 11) is 0. The van der Waals surface area contributed by atoms with Crippen LogP contribution in [-0.4, -0.2) is 41.9 Å². The van der Waals surface area contributed by atoms with E-state index in [4.69, 9.17) is 4.74 Å². The molecule has 0 bridgehead atoms. The first-order chi connectivity index (χ1) is 11.5.